The van der Waals surface area contributed by atoms with Crippen LogP contribution in [-0.4, -0.2) is 21.9 Å². The van der Waals surface area contributed by atoms with Crippen LogP contribution >= 0.6 is 0 Å². The lowest BCUT2D eigenvalue weighted by Crippen LogP contribution is -2.27. The highest BCUT2D eigenvalue weighted by atomic mass is 16.2. The SMILES string of the molecule is Cc1[nH]nc2c1C(C(=O)c1ccc3ccccc3c1)CC(=O)N2. The molecule has 1 amide bonds. The van der Waals surface area contributed by atoms with E-state index in [0.29, 0.717) is 11.4 Å². The Kier molecular flexibility index (Phi) is 3.01. The summed E-state index contributed by atoms with van der Waals surface area (Å²) in [4.78, 5) is 24.9. The monoisotopic (exact) mass is 305 g/mol. The third kappa shape index (κ3) is 2.21. The molecule has 2 heterocycles. The number of nitrogens with one attached hydrogen (secondary N) is 2. The number of nitrogens with zero attached hydrogens (tertiary/aromatic N) is 1. The minimum Gasteiger partial charge on any atom is -0.309 e. The molecule has 0 aliphatic carbocycles. The third-order valence-electron chi connectivity index (χ3n) is 4.34. The summed E-state index contributed by atoms with van der Waals surface area (Å²) in [5.41, 5.74) is 2.23. The van der Waals surface area contributed by atoms with E-state index in [1.165, 1.54) is 0 Å². The van der Waals surface area contributed by atoms with Gasteiger partial charge in [0.2, 0.25) is 5.91 Å². The van der Waals surface area contributed by atoms with Crippen molar-refractivity contribution in [2.75, 3.05) is 5.32 Å². The van der Waals surface area contributed by atoms with Gasteiger partial charge in [-0.25, -0.2) is 0 Å². The Morgan fingerprint density at radius 2 is 1.96 bits per heavy atom. The molecule has 0 bridgehead atoms. The second-order valence-electron chi connectivity index (χ2n) is 5.84. The molecular weight excluding hydrogens is 290 g/mol. The van der Waals surface area contributed by atoms with E-state index in [1.807, 2.05) is 49.4 Å². The molecule has 1 aliphatic rings. The van der Waals surface area contributed by atoms with Gasteiger partial charge in [0.1, 0.15) is 0 Å². The predicted octanol–water partition coefficient (Wildman–Crippen LogP) is 3.18. The van der Waals surface area contributed by atoms with Crippen molar-refractivity contribution < 1.29 is 9.59 Å². The molecule has 2 aromatic carbocycles. The molecule has 2 N–H and O–H groups in total. The summed E-state index contributed by atoms with van der Waals surface area (Å²) in [6, 6.07) is 13.6. The summed E-state index contributed by atoms with van der Waals surface area (Å²) in [6.07, 6.45) is 0.152. The maximum Gasteiger partial charge on any atom is 0.226 e. The van der Waals surface area contributed by atoms with E-state index in [2.05, 4.69) is 15.5 Å². The number of carbonyl (C=O) groups is 2. The first-order valence-electron chi connectivity index (χ1n) is 7.51. The normalized spacial score (nSPS) is 16.9. The Labute approximate surface area is 132 Å². The zero-order valence-electron chi connectivity index (χ0n) is 12.6. The Morgan fingerprint density at radius 3 is 2.78 bits per heavy atom. The van der Waals surface area contributed by atoms with Crippen LogP contribution in [0.25, 0.3) is 10.8 Å². The summed E-state index contributed by atoms with van der Waals surface area (Å²) >= 11 is 0. The second kappa shape index (κ2) is 5.05. The topological polar surface area (TPSA) is 74.8 Å². The minimum absolute atomic E-state index is 0.0450. The highest BCUT2D eigenvalue weighted by molar-refractivity contribution is 6.09. The number of H-pyrrole nitrogens is 1. The zero-order valence-corrected chi connectivity index (χ0v) is 12.6. The Hall–Kier alpha value is -2.95. The highest BCUT2D eigenvalue weighted by Crippen LogP contribution is 2.35. The molecule has 5 heteroatoms. The number of amides is 1. The van der Waals surface area contributed by atoms with Crippen LogP contribution in [0.4, 0.5) is 5.82 Å². The van der Waals surface area contributed by atoms with E-state index in [0.717, 1.165) is 22.0 Å². The molecule has 23 heavy (non-hydrogen) atoms. The molecule has 0 saturated carbocycles. The summed E-state index contributed by atoms with van der Waals surface area (Å²) in [6.45, 7) is 1.87. The van der Waals surface area contributed by atoms with Crippen LogP contribution in [0.1, 0.15) is 34.0 Å². The van der Waals surface area contributed by atoms with Crippen LogP contribution in [0.2, 0.25) is 0 Å². The van der Waals surface area contributed by atoms with Gasteiger partial charge in [0, 0.05) is 23.2 Å². The van der Waals surface area contributed by atoms with Crippen LogP contribution < -0.4 is 5.32 Å². The summed E-state index contributed by atoms with van der Waals surface area (Å²) in [5.74, 6) is -0.240. The quantitative estimate of drug-likeness (QED) is 0.714. The van der Waals surface area contributed by atoms with Crippen molar-refractivity contribution in [2.24, 2.45) is 0 Å². The van der Waals surface area contributed by atoms with Crippen molar-refractivity contribution in [3.63, 3.8) is 0 Å². The van der Waals surface area contributed by atoms with Gasteiger partial charge < -0.3 is 5.32 Å². The van der Waals surface area contributed by atoms with E-state index in [-0.39, 0.29) is 18.1 Å². The smallest absolute Gasteiger partial charge is 0.226 e. The van der Waals surface area contributed by atoms with E-state index in [1.54, 1.807) is 0 Å². The number of hydrogen-bond acceptors (Lipinski definition) is 3. The van der Waals surface area contributed by atoms with Crippen molar-refractivity contribution >= 4 is 28.3 Å². The fourth-order valence-corrected chi connectivity index (χ4v) is 3.20. The average molecular weight is 305 g/mol. The number of Topliss-reactive ketones (excluding diaryl/α,β-unsaturated/α-hetero) is 1. The lowest BCUT2D eigenvalue weighted by molar-refractivity contribution is -0.116. The summed E-state index contributed by atoms with van der Waals surface area (Å²) < 4.78 is 0. The van der Waals surface area contributed by atoms with E-state index in [4.69, 9.17) is 0 Å². The van der Waals surface area contributed by atoms with Gasteiger partial charge in [0.05, 0.1) is 5.92 Å². The molecule has 114 valence electrons. The average Bonchev–Trinajstić information content (AvgIpc) is 2.94. The van der Waals surface area contributed by atoms with Crippen LogP contribution in [0.5, 0.6) is 0 Å². The van der Waals surface area contributed by atoms with E-state index >= 15 is 0 Å². The molecule has 0 fully saturated rings. The largest absolute Gasteiger partial charge is 0.309 e. The van der Waals surface area contributed by atoms with Gasteiger partial charge in [-0.3, -0.25) is 14.7 Å². The number of aromatic amines is 1. The lowest BCUT2D eigenvalue weighted by Gasteiger charge is -2.21. The van der Waals surface area contributed by atoms with Gasteiger partial charge in [0.25, 0.3) is 0 Å². The summed E-state index contributed by atoms with van der Waals surface area (Å²) in [5, 5.41) is 11.7. The lowest BCUT2D eigenvalue weighted by atomic mass is 9.85. The van der Waals surface area contributed by atoms with E-state index < -0.39 is 5.92 Å². The molecule has 4 rings (SSSR count). The zero-order chi connectivity index (χ0) is 16.0. The first kappa shape index (κ1) is 13.7. The van der Waals surface area contributed by atoms with Crippen molar-refractivity contribution in [2.45, 2.75) is 19.3 Å². The number of aromatic nitrogens is 2. The van der Waals surface area contributed by atoms with Crippen molar-refractivity contribution in [3.8, 4) is 0 Å². The van der Waals surface area contributed by atoms with Gasteiger partial charge in [-0.05, 0) is 23.8 Å². The van der Waals surface area contributed by atoms with Crippen molar-refractivity contribution in [3.05, 3.63) is 59.3 Å². The molecule has 1 aromatic heterocycles. The first-order chi connectivity index (χ1) is 11.1. The van der Waals surface area contributed by atoms with Crippen LogP contribution in [-0.2, 0) is 4.79 Å². The second-order valence-corrected chi connectivity index (χ2v) is 5.84. The maximum absolute atomic E-state index is 13.0. The van der Waals surface area contributed by atoms with Crippen molar-refractivity contribution in [1.29, 1.82) is 0 Å². The first-order valence-corrected chi connectivity index (χ1v) is 7.51. The number of hydrogen-bond donors (Lipinski definition) is 2. The Morgan fingerprint density at radius 1 is 1.17 bits per heavy atom. The molecule has 0 saturated heterocycles. The minimum atomic E-state index is -0.487. The number of anilines is 1. The fourth-order valence-electron chi connectivity index (χ4n) is 3.20. The van der Waals surface area contributed by atoms with Gasteiger partial charge in [0.15, 0.2) is 11.6 Å². The maximum atomic E-state index is 13.0. The number of rotatable bonds is 2. The Balaban J connectivity index is 1.78. The van der Waals surface area contributed by atoms with Crippen LogP contribution in [0.3, 0.4) is 0 Å². The summed E-state index contributed by atoms with van der Waals surface area (Å²) in [7, 11) is 0. The third-order valence-corrected chi connectivity index (χ3v) is 4.34. The van der Waals surface area contributed by atoms with E-state index in [9.17, 15) is 9.59 Å². The number of carbonyl (C=O) groups excluding carboxylic acids is 2. The number of benzene rings is 2. The van der Waals surface area contributed by atoms with Crippen LogP contribution in [0, 0.1) is 6.92 Å². The number of ketones is 1. The van der Waals surface area contributed by atoms with Gasteiger partial charge in [-0.1, -0.05) is 36.4 Å². The standard InChI is InChI=1S/C18H15N3O2/c1-10-16-14(9-15(22)19-18(16)21-20-10)17(23)13-7-6-11-4-2-3-5-12(11)8-13/h2-8,14H,9H2,1H3,(H2,19,20,21,22). The predicted molar refractivity (Wildman–Crippen MR) is 87.6 cm³/mol. The molecule has 1 aliphatic heterocycles. The molecule has 1 unspecified atom stereocenters. The molecule has 0 radical (unpaired) electrons. The molecule has 1 atom stereocenters. The molecule has 3 aromatic rings. The fraction of sp³-hybridized carbons (Fsp3) is 0.167. The highest BCUT2D eigenvalue weighted by Gasteiger charge is 2.34. The van der Waals surface area contributed by atoms with Gasteiger partial charge in [-0.2, -0.15) is 5.10 Å². The molecular formula is C18H15N3O2. The molecule has 5 nitrogen and oxygen atoms in total. The number of fused-ring (bicyclic) bond motifs is 2. The van der Waals surface area contributed by atoms with Gasteiger partial charge in [-0.15, -0.1) is 0 Å². The number of aryl methyl sites for hydroxylation is 1. The van der Waals surface area contributed by atoms with Gasteiger partial charge >= 0.3 is 0 Å². The van der Waals surface area contributed by atoms with Crippen LogP contribution in [0.15, 0.2) is 42.5 Å². The molecule has 0 spiro atoms. The Bertz CT molecular complexity index is 942. The van der Waals surface area contributed by atoms with Crippen molar-refractivity contribution in [1.82, 2.24) is 10.2 Å².